The maximum absolute atomic E-state index is 13.2. The highest BCUT2D eigenvalue weighted by atomic mass is 19.4. The van der Waals surface area contributed by atoms with Gasteiger partial charge in [0.25, 0.3) is 5.91 Å². The third kappa shape index (κ3) is 5.20. The van der Waals surface area contributed by atoms with E-state index in [9.17, 15) is 31.1 Å². The van der Waals surface area contributed by atoms with Crippen LogP contribution in [0.1, 0.15) is 46.8 Å². The standard InChI is InChI=1S/C22H22F6N2O/c1-2-30-10-8-20(9-11-30,16-6-4-3-5-7-16)29-19(31)15-12-17(21(23,24)25)14-18(13-15)22(26,27)28/h3-7,12-14H,2,8-11H2,1H3,(H,29,31). The van der Waals surface area contributed by atoms with E-state index in [1.165, 1.54) is 0 Å². The molecule has 0 bridgehead atoms. The van der Waals surface area contributed by atoms with Crippen molar-refractivity contribution in [1.82, 2.24) is 10.2 Å². The van der Waals surface area contributed by atoms with Gasteiger partial charge in [0, 0.05) is 18.7 Å². The van der Waals surface area contributed by atoms with E-state index in [-0.39, 0.29) is 6.07 Å². The molecule has 9 heteroatoms. The van der Waals surface area contributed by atoms with Crippen LogP contribution in [0.5, 0.6) is 0 Å². The van der Waals surface area contributed by atoms with Gasteiger partial charge in [-0.05, 0) is 43.1 Å². The van der Waals surface area contributed by atoms with E-state index < -0.39 is 40.5 Å². The van der Waals surface area contributed by atoms with E-state index >= 15 is 0 Å². The Morgan fingerprint density at radius 1 is 0.935 bits per heavy atom. The van der Waals surface area contributed by atoms with Crippen LogP contribution in [0.15, 0.2) is 48.5 Å². The van der Waals surface area contributed by atoms with Crippen LogP contribution in [0.2, 0.25) is 0 Å². The maximum atomic E-state index is 13.2. The van der Waals surface area contributed by atoms with Crippen molar-refractivity contribution < 1.29 is 31.1 Å². The summed E-state index contributed by atoms with van der Waals surface area (Å²) in [6.07, 6.45) is -9.05. The maximum Gasteiger partial charge on any atom is 0.416 e. The van der Waals surface area contributed by atoms with Gasteiger partial charge in [-0.2, -0.15) is 26.3 Å². The zero-order chi connectivity index (χ0) is 22.9. The number of carbonyl (C=O) groups is 1. The normalized spacial score (nSPS) is 17.4. The fraction of sp³-hybridized carbons (Fsp3) is 0.409. The lowest BCUT2D eigenvalue weighted by atomic mass is 9.80. The molecule has 1 aliphatic heterocycles. The molecule has 0 unspecified atom stereocenters. The fourth-order valence-corrected chi connectivity index (χ4v) is 3.87. The first-order valence-electron chi connectivity index (χ1n) is 9.84. The predicted octanol–water partition coefficient (Wildman–Crippen LogP) is 5.47. The summed E-state index contributed by atoms with van der Waals surface area (Å²) in [6.45, 7) is 4.08. The number of nitrogens with zero attached hydrogens (tertiary/aromatic N) is 1. The number of likely N-dealkylation sites (tertiary alicyclic amines) is 1. The second-order valence-corrected chi connectivity index (χ2v) is 7.63. The highest BCUT2D eigenvalue weighted by Gasteiger charge is 2.40. The third-order valence-corrected chi connectivity index (χ3v) is 5.69. The first kappa shape index (κ1) is 23.1. The van der Waals surface area contributed by atoms with Gasteiger partial charge in [-0.25, -0.2) is 0 Å². The van der Waals surface area contributed by atoms with Crippen LogP contribution in [0.4, 0.5) is 26.3 Å². The van der Waals surface area contributed by atoms with Gasteiger partial charge >= 0.3 is 12.4 Å². The molecule has 3 rings (SSSR count). The molecule has 3 nitrogen and oxygen atoms in total. The zero-order valence-corrected chi connectivity index (χ0v) is 16.8. The second kappa shape index (κ2) is 8.53. The van der Waals surface area contributed by atoms with E-state index in [4.69, 9.17) is 0 Å². The zero-order valence-electron chi connectivity index (χ0n) is 16.8. The van der Waals surface area contributed by atoms with Gasteiger partial charge in [-0.3, -0.25) is 4.79 Å². The van der Waals surface area contributed by atoms with Crippen molar-refractivity contribution in [2.45, 2.75) is 37.7 Å². The number of hydrogen-bond acceptors (Lipinski definition) is 2. The Balaban J connectivity index is 1.99. The van der Waals surface area contributed by atoms with E-state index in [1.807, 2.05) is 6.92 Å². The Kier molecular flexibility index (Phi) is 6.36. The molecule has 1 aliphatic rings. The van der Waals surface area contributed by atoms with E-state index in [0.29, 0.717) is 38.1 Å². The molecule has 168 valence electrons. The molecule has 31 heavy (non-hydrogen) atoms. The molecule has 0 saturated carbocycles. The van der Waals surface area contributed by atoms with Crippen LogP contribution in [0, 0.1) is 0 Å². The lowest BCUT2D eigenvalue weighted by Gasteiger charge is -2.42. The summed E-state index contributed by atoms with van der Waals surface area (Å²) >= 11 is 0. The van der Waals surface area contributed by atoms with Crippen molar-refractivity contribution in [3.63, 3.8) is 0 Å². The summed E-state index contributed by atoms with van der Waals surface area (Å²) in [5.74, 6) is -0.967. The number of alkyl halides is 6. The minimum Gasteiger partial charge on any atom is -0.342 e. The molecule has 1 fully saturated rings. The molecule has 2 aromatic carbocycles. The number of halogens is 6. The van der Waals surface area contributed by atoms with Crippen molar-refractivity contribution in [1.29, 1.82) is 0 Å². The number of nitrogens with one attached hydrogen (secondary N) is 1. The quantitative estimate of drug-likeness (QED) is 0.635. The molecule has 1 saturated heterocycles. The number of amides is 1. The summed E-state index contributed by atoms with van der Waals surface area (Å²) in [4.78, 5) is 15.1. The summed E-state index contributed by atoms with van der Waals surface area (Å²) in [5, 5.41) is 2.77. The summed E-state index contributed by atoms with van der Waals surface area (Å²) in [5.41, 5.74) is -3.81. The Bertz CT molecular complexity index is 884. The molecule has 1 heterocycles. The van der Waals surface area contributed by atoms with E-state index in [1.54, 1.807) is 30.3 Å². The van der Waals surface area contributed by atoms with Crippen molar-refractivity contribution in [2.24, 2.45) is 0 Å². The summed E-state index contributed by atoms with van der Waals surface area (Å²) < 4.78 is 79.1. The molecular formula is C22H22F6N2O. The largest absolute Gasteiger partial charge is 0.416 e. The van der Waals surface area contributed by atoms with Crippen molar-refractivity contribution in [3.8, 4) is 0 Å². The minimum absolute atomic E-state index is 0.0173. The fourth-order valence-electron chi connectivity index (χ4n) is 3.87. The van der Waals surface area contributed by atoms with Crippen LogP contribution in [0.25, 0.3) is 0 Å². The van der Waals surface area contributed by atoms with Crippen LogP contribution >= 0.6 is 0 Å². The Labute approximate surface area is 176 Å². The second-order valence-electron chi connectivity index (χ2n) is 7.63. The average Bonchev–Trinajstić information content (AvgIpc) is 2.73. The van der Waals surface area contributed by atoms with Crippen molar-refractivity contribution in [3.05, 3.63) is 70.8 Å². The molecule has 0 radical (unpaired) electrons. The van der Waals surface area contributed by atoms with E-state index in [2.05, 4.69) is 10.2 Å². The predicted molar refractivity (Wildman–Crippen MR) is 103 cm³/mol. The van der Waals surface area contributed by atoms with Crippen LogP contribution in [0.3, 0.4) is 0 Å². The summed E-state index contributed by atoms with van der Waals surface area (Å²) in [7, 11) is 0. The molecule has 2 aromatic rings. The number of hydrogen-bond donors (Lipinski definition) is 1. The first-order chi connectivity index (χ1) is 14.4. The Morgan fingerprint density at radius 3 is 1.90 bits per heavy atom. The smallest absolute Gasteiger partial charge is 0.342 e. The van der Waals surface area contributed by atoms with Crippen LogP contribution in [-0.4, -0.2) is 30.4 Å². The van der Waals surface area contributed by atoms with Gasteiger partial charge in [0.05, 0.1) is 16.7 Å². The lowest BCUT2D eigenvalue weighted by molar-refractivity contribution is -0.143. The van der Waals surface area contributed by atoms with Crippen LogP contribution < -0.4 is 5.32 Å². The highest BCUT2D eigenvalue weighted by Crippen LogP contribution is 2.37. The summed E-state index contributed by atoms with van der Waals surface area (Å²) in [6, 6.07) is 9.90. The Morgan fingerprint density at radius 2 is 1.45 bits per heavy atom. The van der Waals surface area contributed by atoms with Gasteiger partial charge in [-0.15, -0.1) is 0 Å². The number of carbonyl (C=O) groups excluding carboxylic acids is 1. The molecule has 0 aliphatic carbocycles. The molecular weight excluding hydrogens is 422 g/mol. The molecule has 1 N–H and O–H groups in total. The molecule has 0 atom stereocenters. The van der Waals surface area contributed by atoms with Crippen molar-refractivity contribution >= 4 is 5.91 Å². The Hall–Kier alpha value is -2.55. The SMILES string of the molecule is CCN1CCC(NC(=O)c2cc(C(F)(F)F)cc(C(F)(F)F)c2)(c2ccccc2)CC1. The van der Waals surface area contributed by atoms with Gasteiger partial charge in [0.1, 0.15) is 0 Å². The van der Waals surface area contributed by atoms with Gasteiger partial charge < -0.3 is 10.2 Å². The molecule has 1 amide bonds. The van der Waals surface area contributed by atoms with Gasteiger partial charge in [-0.1, -0.05) is 37.3 Å². The topological polar surface area (TPSA) is 32.3 Å². The lowest BCUT2D eigenvalue weighted by Crippen LogP contribution is -2.53. The van der Waals surface area contributed by atoms with Gasteiger partial charge in [0.2, 0.25) is 0 Å². The minimum atomic E-state index is -5.01. The van der Waals surface area contributed by atoms with Gasteiger partial charge in [0.15, 0.2) is 0 Å². The highest BCUT2D eigenvalue weighted by molar-refractivity contribution is 5.95. The van der Waals surface area contributed by atoms with Crippen LogP contribution in [-0.2, 0) is 17.9 Å². The monoisotopic (exact) mass is 444 g/mol. The number of piperidine rings is 1. The number of rotatable bonds is 4. The molecule has 0 spiro atoms. The number of benzene rings is 2. The van der Waals surface area contributed by atoms with E-state index in [0.717, 1.165) is 12.1 Å². The average molecular weight is 444 g/mol. The first-order valence-corrected chi connectivity index (χ1v) is 9.84. The molecule has 0 aromatic heterocycles. The third-order valence-electron chi connectivity index (χ3n) is 5.69. The van der Waals surface area contributed by atoms with Crippen molar-refractivity contribution in [2.75, 3.05) is 19.6 Å².